The van der Waals surface area contributed by atoms with Crippen LogP contribution >= 0.6 is 11.6 Å². The second-order valence-corrected chi connectivity index (χ2v) is 5.04. The number of hydrogen-bond donors (Lipinski definition) is 1. The average Bonchev–Trinajstić information content (AvgIpc) is 2.48. The second-order valence-electron chi connectivity index (χ2n) is 4.73. The quantitative estimate of drug-likeness (QED) is 0.759. The minimum Gasteiger partial charge on any atom is -0.312 e. The molecule has 19 heavy (non-hydrogen) atoms. The van der Waals surface area contributed by atoms with Crippen molar-refractivity contribution in [2.75, 3.05) is 12.4 Å². The van der Waals surface area contributed by atoms with E-state index in [1.54, 1.807) is 0 Å². The largest absolute Gasteiger partial charge is 0.312 e. The van der Waals surface area contributed by atoms with Gasteiger partial charge in [0.15, 0.2) is 0 Å². The van der Waals surface area contributed by atoms with Crippen LogP contribution in [0, 0.1) is 0 Å². The highest BCUT2D eigenvalue weighted by atomic mass is 35.5. The standard InChI is InChI=1S/C17H20ClN/c18-14-17(13-16-9-5-2-6-10-16)19-12-11-15-7-3-1-4-8-15/h1-10,17,19H,11-14H2. The number of benzene rings is 2. The lowest BCUT2D eigenvalue weighted by molar-refractivity contribution is 0.553. The molecular weight excluding hydrogens is 254 g/mol. The first kappa shape index (κ1) is 14.1. The van der Waals surface area contributed by atoms with Crippen LogP contribution in [0.5, 0.6) is 0 Å². The molecule has 0 spiro atoms. The summed E-state index contributed by atoms with van der Waals surface area (Å²) < 4.78 is 0. The number of halogens is 1. The topological polar surface area (TPSA) is 12.0 Å². The van der Waals surface area contributed by atoms with Crippen molar-refractivity contribution in [3.05, 3.63) is 71.8 Å². The Labute approximate surface area is 120 Å². The molecule has 0 bridgehead atoms. The zero-order valence-electron chi connectivity index (χ0n) is 11.1. The van der Waals surface area contributed by atoms with Crippen LogP contribution in [0.3, 0.4) is 0 Å². The van der Waals surface area contributed by atoms with Gasteiger partial charge in [-0.15, -0.1) is 11.6 Å². The van der Waals surface area contributed by atoms with Gasteiger partial charge in [-0.1, -0.05) is 60.7 Å². The van der Waals surface area contributed by atoms with Gasteiger partial charge in [-0.25, -0.2) is 0 Å². The summed E-state index contributed by atoms with van der Waals surface area (Å²) >= 11 is 6.04. The minimum atomic E-state index is 0.341. The second kappa shape index (κ2) is 7.98. The summed E-state index contributed by atoms with van der Waals surface area (Å²) in [6.07, 6.45) is 2.03. The van der Waals surface area contributed by atoms with E-state index < -0.39 is 0 Å². The van der Waals surface area contributed by atoms with Gasteiger partial charge in [-0.2, -0.15) is 0 Å². The minimum absolute atomic E-state index is 0.341. The van der Waals surface area contributed by atoms with Gasteiger partial charge in [-0.05, 0) is 30.5 Å². The van der Waals surface area contributed by atoms with E-state index in [0.29, 0.717) is 11.9 Å². The van der Waals surface area contributed by atoms with Crippen LogP contribution in [0.15, 0.2) is 60.7 Å². The Bertz CT molecular complexity index is 455. The molecule has 0 amide bonds. The average molecular weight is 274 g/mol. The van der Waals surface area contributed by atoms with Gasteiger partial charge in [0, 0.05) is 11.9 Å². The number of nitrogens with one attached hydrogen (secondary N) is 1. The maximum absolute atomic E-state index is 6.04. The van der Waals surface area contributed by atoms with Crippen molar-refractivity contribution >= 4 is 11.6 Å². The van der Waals surface area contributed by atoms with E-state index in [1.165, 1.54) is 11.1 Å². The third-order valence-corrected chi connectivity index (χ3v) is 3.57. The third kappa shape index (κ3) is 5.06. The predicted molar refractivity (Wildman–Crippen MR) is 82.8 cm³/mol. The molecule has 2 heteroatoms. The molecule has 0 heterocycles. The van der Waals surface area contributed by atoms with Crippen LogP contribution < -0.4 is 5.32 Å². The number of alkyl halides is 1. The molecule has 0 aliphatic heterocycles. The van der Waals surface area contributed by atoms with Crippen LogP contribution in [0.1, 0.15) is 11.1 Å². The number of hydrogen-bond acceptors (Lipinski definition) is 1. The van der Waals surface area contributed by atoms with E-state index in [4.69, 9.17) is 11.6 Å². The smallest absolute Gasteiger partial charge is 0.0380 e. The lowest BCUT2D eigenvalue weighted by Crippen LogP contribution is -2.34. The van der Waals surface area contributed by atoms with Crippen LogP contribution in [0.4, 0.5) is 0 Å². The summed E-state index contributed by atoms with van der Waals surface area (Å²) in [7, 11) is 0. The van der Waals surface area contributed by atoms with E-state index >= 15 is 0 Å². The highest BCUT2D eigenvalue weighted by molar-refractivity contribution is 6.18. The highest BCUT2D eigenvalue weighted by Gasteiger charge is 2.07. The van der Waals surface area contributed by atoms with E-state index in [-0.39, 0.29) is 0 Å². The Morgan fingerprint density at radius 2 is 1.42 bits per heavy atom. The van der Waals surface area contributed by atoms with E-state index in [0.717, 1.165) is 19.4 Å². The maximum atomic E-state index is 6.04. The molecule has 0 aliphatic rings. The molecular formula is C17H20ClN. The summed E-state index contributed by atoms with van der Waals surface area (Å²) in [6, 6.07) is 21.4. The van der Waals surface area contributed by atoms with Crippen molar-refractivity contribution in [3.8, 4) is 0 Å². The summed E-state index contributed by atoms with van der Waals surface area (Å²) in [5.41, 5.74) is 2.70. The molecule has 1 N–H and O–H groups in total. The predicted octanol–water partition coefficient (Wildman–Crippen LogP) is 3.67. The zero-order chi connectivity index (χ0) is 13.3. The van der Waals surface area contributed by atoms with Gasteiger partial charge in [0.1, 0.15) is 0 Å². The molecule has 1 atom stereocenters. The molecule has 0 saturated heterocycles. The molecule has 2 aromatic rings. The summed E-state index contributed by atoms with van der Waals surface area (Å²) in [5, 5.41) is 3.53. The van der Waals surface area contributed by atoms with Crippen molar-refractivity contribution in [1.82, 2.24) is 5.32 Å². The van der Waals surface area contributed by atoms with Crippen LogP contribution in [0.2, 0.25) is 0 Å². The first-order valence-corrected chi connectivity index (χ1v) is 7.29. The molecule has 1 nitrogen and oxygen atoms in total. The Morgan fingerprint density at radius 1 is 0.842 bits per heavy atom. The van der Waals surface area contributed by atoms with Crippen molar-refractivity contribution < 1.29 is 0 Å². The van der Waals surface area contributed by atoms with Crippen molar-refractivity contribution in [3.63, 3.8) is 0 Å². The monoisotopic (exact) mass is 273 g/mol. The molecule has 0 aromatic heterocycles. The first-order chi connectivity index (χ1) is 9.38. The van der Waals surface area contributed by atoms with Crippen molar-refractivity contribution in [2.24, 2.45) is 0 Å². The fourth-order valence-corrected chi connectivity index (χ4v) is 2.36. The van der Waals surface area contributed by atoms with Crippen LogP contribution in [0.25, 0.3) is 0 Å². The third-order valence-electron chi connectivity index (χ3n) is 3.20. The van der Waals surface area contributed by atoms with Gasteiger partial charge in [0.2, 0.25) is 0 Å². The summed E-state index contributed by atoms with van der Waals surface area (Å²) in [5.74, 6) is 0.643. The molecule has 0 radical (unpaired) electrons. The molecule has 100 valence electrons. The summed E-state index contributed by atoms with van der Waals surface area (Å²) in [6.45, 7) is 0.967. The van der Waals surface area contributed by atoms with E-state index in [9.17, 15) is 0 Å². The van der Waals surface area contributed by atoms with E-state index in [2.05, 4.69) is 53.8 Å². The number of rotatable bonds is 7. The SMILES string of the molecule is ClCC(Cc1ccccc1)NCCc1ccccc1. The van der Waals surface area contributed by atoms with Crippen LogP contribution in [-0.2, 0) is 12.8 Å². The Kier molecular flexibility index (Phi) is 5.93. The van der Waals surface area contributed by atoms with Gasteiger partial charge < -0.3 is 5.32 Å². The summed E-state index contributed by atoms with van der Waals surface area (Å²) in [4.78, 5) is 0. The van der Waals surface area contributed by atoms with Gasteiger partial charge in [0.05, 0.1) is 0 Å². The molecule has 2 aromatic carbocycles. The molecule has 1 unspecified atom stereocenters. The Balaban J connectivity index is 1.77. The van der Waals surface area contributed by atoms with Crippen LogP contribution in [-0.4, -0.2) is 18.5 Å². The fraction of sp³-hybridized carbons (Fsp3) is 0.294. The van der Waals surface area contributed by atoms with Gasteiger partial charge >= 0.3 is 0 Å². The first-order valence-electron chi connectivity index (χ1n) is 6.75. The molecule has 2 rings (SSSR count). The van der Waals surface area contributed by atoms with Gasteiger partial charge in [-0.3, -0.25) is 0 Å². The Hall–Kier alpha value is -1.31. The molecule has 0 aliphatic carbocycles. The highest BCUT2D eigenvalue weighted by Crippen LogP contribution is 2.05. The lowest BCUT2D eigenvalue weighted by atomic mass is 10.1. The zero-order valence-corrected chi connectivity index (χ0v) is 11.8. The maximum Gasteiger partial charge on any atom is 0.0380 e. The van der Waals surface area contributed by atoms with Gasteiger partial charge in [0.25, 0.3) is 0 Å². The normalized spacial score (nSPS) is 12.3. The molecule has 0 saturated carbocycles. The van der Waals surface area contributed by atoms with E-state index in [1.807, 2.05) is 12.1 Å². The molecule has 0 fully saturated rings. The lowest BCUT2D eigenvalue weighted by Gasteiger charge is -2.16. The Morgan fingerprint density at radius 3 is 2.00 bits per heavy atom. The fourth-order valence-electron chi connectivity index (χ4n) is 2.15. The van der Waals surface area contributed by atoms with Crippen molar-refractivity contribution in [1.29, 1.82) is 0 Å². The van der Waals surface area contributed by atoms with Crippen molar-refractivity contribution in [2.45, 2.75) is 18.9 Å².